The summed E-state index contributed by atoms with van der Waals surface area (Å²) in [6.07, 6.45) is 1.14. The van der Waals surface area contributed by atoms with Crippen molar-refractivity contribution in [3.8, 4) is 5.75 Å². The number of piperidine rings is 1. The molecule has 1 aromatic carbocycles. The van der Waals surface area contributed by atoms with Gasteiger partial charge in [-0.15, -0.1) is 0 Å². The van der Waals surface area contributed by atoms with Crippen LogP contribution >= 0.6 is 0 Å². The van der Waals surface area contributed by atoms with Gasteiger partial charge in [0.25, 0.3) is 0 Å². The van der Waals surface area contributed by atoms with Crippen molar-refractivity contribution in [2.75, 3.05) is 13.1 Å². The van der Waals surface area contributed by atoms with E-state index in [0.29, 0.717) is 37.4 Å². The second-order valence-electron chi connectivity index (χ2n) is 6.59. The fourth-order valence-electron chi connectivity index (χ4n) is 2.99. The first-order valence-electron chi connectivity index (χ1n) is 9.15. The van der Waals surface area contributed by atoms with Gasteiger partial charge in [-0.25, -0.2) is 0 Å². The summed E-state index contributed by atoms with van der Waals surface area (Å²) in [4.78, 5) is 37.4. The third kappa shape index (κ3) is 5.12. The smallest absolute Gasteiger partial charge is 0.305 e. The van der Waals surface area contributed by atoms with Crippen molar-refractivity contribution in [1.29, 1.82) is 0 Å². The van der Waals surface area contributed by atoms with Crippen LogP contribution in [0.25, 0.3) is 0 Å². The van der Waals surface area contributed by atoms with E-state index in [4.69, 9.17) is 9.15 Å². The van der Waals surface area contributed by atoms with Crippen molar-refractivity contribution < 1.29 is 23.5 Å². The van der Waals surface area contributed by atoms with E-state index in [1.54, 1.807) is 11.0 Å². The summed E-state index contributed by atoms with van der Waals surface area (Å²) in [7, 11) is 0. The van der Waals surface area contributed by atoms with Gasteiger partial charge in [0.2, 0.25) is 11.8 Å². The molecule has 1 fully saturated rings. The van der Waals surface area contributed by atoms with Crippen molar-refractivity contribution in [1.82, 2.24) is 15.8 Å². The van der Waals surface area contributed by atoms with Gasteiger partial charge in [0.15, 0.2) is 5.76 Å². The number of benzene rings is 1. The Hall–Kier alpha value is -3.29. The maximum Gasteiger partial charge on any atom is 0.305 e. The molecule has 1 aliphatic rings. The number of hydrazine groups is 1. The van der Waals surface area contributed by atoms with Crippen molar-refractivity contribution in [3.63, 3.8) is 0 Å². The molecule has 0 bridgehead atoms. The van der Waals surface area contributed by atoms with Gasteiger partial charge in [0.1, 0.15) is 18.1 Å². The highest BCUT2D eigenvalue weighted by atomic mass is 16.5. The summed E-state index contributed by atoms with van der Waals surface area (Å²) < 4.78 is 11.0. The number of nitrogens with zero attached hydrogens (tertiary/aromatic N) is 1. The van der Waals surface area contributed by atoms with Gasteiger partial charge in [-0.05, 0) is 37.1 Å². The molecule has 0 unspecified atom stereocenters. The fraction of sp³-hybridized carbons (Fsp3) is 0.350. The quantitative estimate of drug-likeness (QED) is 0.766. The highest BCUT2D eigenvalue weighted by molar-refractivity contribution is 5.93. The first-order valence-corrected chi connectivity index (χ1v) is 9.15. The van der Waals surface area contributed by atoms with Crippen LogP contribution in [0.15, 0.2) is 46.9 Å². The number of carbonyl (C=O) groups excluding carboxylic acids is 3. The Morgan fingerprint density at radius 1 is 1.07 bits per heavy atom. The topological polar surface area (TPSA) is 101 Å². The molecule has 3 amide bonds. The van der Waals surface area contributed by atoms with E-state index in [1.807, 2.05) is 30.3 Å². The van der Waals surface area contributed by atoms with Crippen LogP contribution in [0, 0.1) is 5.92 Å². The van der Waals surface area contributed by atoms with Gasteiger partial charge in [0, 0.05) is 25.9 Å². The number of likely N-dealkylation sites (tertiary alicyclic amines) is 1. The normalized spacial score (nSPS) is 14.4. The summed E-state index contributed by atoms with van der Waals surface area (Å²) >= 11 is 0. The number of nitrogens with one attached hydrogen (secondary N) is 2. The molecule has 0 aliphatic carbocycles. The first kappa shape index (κ1) is 19.5. The minimum Gasteiger partial charge on any atom is -0.486 e. The van der Waals surface area contributed by atoms with Crippen LogP contribution < -0.4 is 15.6 Å². The van der Waals surface area contributed by atoms with E-state index in [1.165, 1.54) is 13.0 Å². The fourth-order valence-corrected chi connectivity index (χ4v) is 2.99. The highest BCUT2D eigenvalue weighted by Gasteiger charge is 2.26. The standard InChI is InChI=1S/C20H23N3O5/c1-14(24)23-11-9-15(10-12-23)19(25)21-22-20(26)18-8-7-17(28-18)13-27-16-5-3-2-4-6-16/h2-8,15H,9-13H2,1H3,(H,21,25)(H,22,26). The van der Waals surface area contributed by atoms with E-state index >= 15 is 0 Å². The van der Waals surface area contributed by atoms with Crippen LogP contribution in [0.2, 0.25) is 0 Å². The molecule has 148 valence electrons. The van der Waals surface area contributed by atoms with E-state index in [2.05, 4.69) is 10.9 Å². The SMILES string of the molecule is CC(=O)N1CCC(C(=O)NNC(=O)c2ccc(COc3ccccc3)o2)CC1. The maximum atomic E-state index is 12.2. The molecule has 0 spiro atoms. The van der Waals surface area contributed by atoms with Crippen LogP contribution in [-0.2, 0) is 16.2 Å². The second kappa shape index (κ2) is 9.07. The second-order valence-corrected chi connectivity index (χ2v) is 6.59. The largest absolute Gasteiger partial charge is 0.486 e. The minimum absolute atomic E-state index is 0.0111. The Labute approximate surface area is 162 Å². The van der Waals surface area contributed by atoms with Crippen LogP contribution in [0.4, 0.5) is 0 Å². The Balaban J connectivity index is 1.43. The van der Waals surface area contributed by atoms with Crippen LogP contribution in [-0.4, -0.2) is 35.7 Å². The van der Waals surface area contributed by atoms with Gasteiger partial charge >= 0.3 is 5.91 Å². The zero-order chi connectivity index (χ0) is 19.9. The molecule has 0 atom stereocenters. The summed E-state index contributed by atoms with van der Waals surface area (Å²) in [5.41, 5.74) is 4.79. The highest BCUT2D eigenvalue weighted by Crippen LogP contribution is 2.17. The van der Waals surface area contributed by atoms with Gasteiger partial charge in [-0.1, -0.05) is 18.2 Å². The number of hydrogen-bond donors (Lipinski definition) is 2. The molecule has 8 heteroatoms. The molecule has 28 heavy (non-hydrogen) atoms. The molecule has 1 aliphatic heterocycles. The Kier molecular flexibility index (Phi) is 6.31. The lowest BCUT2D eigenvalue weighted by molar-refractivity contribution is -0.134. The van der Waals surface area contributed by atoms with Crippen molar-refractivity contribution in [2.45, 2.75) is 26.4 Å². The zero-order valence-electron chi connectivity index (χ0n) is 15.6. The van der Waals surface area contributed by atoms with Crippen molar-refractivity contribution >= 4 is 17.7 Å². The molecule has 2 heterocycles. The lowest BCUT2D eigenvalue weighted by Gasteiger charge is -2.30. The number of amides is 3. The van der Waals surface area contributed by atoms with E-state index < -0.39 is 5.91 Å². The average Bonchev–Trinajstić information content (AvgIpc) is 3.20. The summed E-state index contributed by atoms with van der Waals surface area (Å²) in [6, 6.07) is 12.4. The van der Waals surface area contributed by atoms with Gasteiger partial charge < -0.3 is 14.1 Å². The van der Waals surface area contributed by atoms with E-state index in [-0.39, 0.29) is 30.1 Å². The van der Waals surface area contributed by atoms with Crippen LogP contribution in [0.5, 0.6) is 5.75 Å². The Morgan fingerprint density at radius 3 is 2.46 bits per heavy atom. The number of hydrogen-bond acceptors (Lipinski definition) is 5. The molecular formula is C20H23N3O5. The van der Waals surface area contributed by atoms with Crippen molar-refractivity contribution in [3.05, 3.63) is 54.0 Å². The lowest BCUT2D eigenvalue weighted by Crippen LogP contribution is -2.47. The average molecular weight is 385 g/mol. The summed E-state index contributed by atoms with van der Waals surface area (Å²) in [6.45, 7) is 2.80. The van der Waals surface area contributed by atoms with Crippen LogP contribution in [0.1, 0.15) is 36.1 Å². The number of carbonyl (C=O) groups is 3. The van der Waals surface area contributed by atoms with E-state index in [9.17, 15) is 14.4 Å². The maximum absolute atomic E-state index is 12.2. The van der Waals surface area contributed by atoms with Crippen LogP contribution in [0.3, 0.4) is 0 Å². The molecule has 1 aromatic heterocycles. The number of rotatable bonds is 5. The number of furan rings is 1. The van der Waals surface area contributed by atoms with Crippen molar-refractivity contribution in [2.24, 2.45) is 5.92 Å². The molecule has 2 N–H and O–H groups in total. The first-order chi connectivity index (χ1) is 13.5. The Morgan fingerprint density at radius 2 is 1.79 bits per heavy atom. The van der Waals surface area contributed by atoms with E-state index in [0.717, 1.165) is 0 Å². The third-order valence-corrected chi connectivity index (χ3v) is 4.62. The number of ether oxygens (including phenoxy) is 1. The molecule has 0 radical (unpaired) electrons. The number of para-hydroxylation sites is 1. The molecule has 2 aromatic rings. The van der Waals surface area contributed by atoms with Gasteiger partial charge in [-0.2, -0.15) is 0 Å². The summed E-state index contributed by atoms with van der Waals surface area (Å²) in [5, 5.41) is 0. The molecule has 1 saturated heterocycles. The predicted molar refractivity (Wildman–Crippen MR) is 100 cm³/mol. The zero-order valence-corrected chi connectivity index (χ0v) is 15.6. The van der Waals surface area contributed by atoms with Gasteiger partial charge in [0.05, 0.1) is 0 Å². The Bertz CT molecular complexity index is 825. The summed E-state index contributed by atoms with van der Waals surface area (Å²) in [5.74, 6) is 0.249. The monoisotopic (exact) mass is 385 g/mol. The third-order valence-electron chi connectivity index (χ3n) is 4.62. The molecule has 0 saturated carbocycles. The minimum atomic E-state index is -0.541. The molecular weight excluding hydrogens is 362 g/mol. The predicted octanol–water partition coefficient (Wildman–Crippen LogP) is 1.88. The molecule has 3 rings (SSSR count). The van der Waals surface area contributed by atoms with Gasteiger partial charge in [-0.3, -0.25) is 25.2 Å². The molecule has 8 nitrogen and oxygen atoms in total. The lowest BCUT2D eigenvalue weighted by atomic mass is 9.96.